The van der Waals surface area contributed by atoms with E-state index in [2.05, 4.69) is 18.7 Å². The molecule has 22 heavy (non-hydrogen) atoms. The lowest BCUT2D eigenvalue weighted by Gasteiger charge is -2.31. The Morgan fingerprint density at radius 1 is 1.27 bits per heavy atom. The molecule has 122 valence electrons. The van der Waals surface area contributed by atoms with E-state index in [1.54, 1.807) is 7.11 Å². The average molecular weight is 303 g/mol. The third-order valence-electron chi connectivity index (χ3n) is 4.59. The van der Waals surface area contributed by atoms with E-state index < -0.39 is 0 Å². The Labute approximate surface area is 134 Å². The molecule has 1 aliphatic heterocycles. The predicted molar refractivity (Wildman–Crippen MR) is 90.6 cm³/mol. The standard InChI is InChI=1S/C19H29NO2/c1-15(2)7-6-12-20-13-10-16(11-14-20)19(21)17-8-4-5-9-18(17)22-3/h4-5,8-9,15-16H,6-7,10-14H2,1-3H3. The van der Waals surface area contributed by atoms with Gasteiger partial charge in [-0.05, 0) is 63.4 Å². The first-order valence-corrected chi connectivity index (χ1v) is 8.51. The molecule has 0 unspecified atom stereocenters. The fourth-order valence-corrected chi connectivity index (χ4v) is 3.21. The average Bonchev–Trinajstić information content (AvgIpc) is 2.54. The van der Waals surface area contributed by atoms with Gasteiger partial charge in [-0.3, -0.25) is 4.79 Å². The molecule has 0 bridgehead atoms. The van der Waals surface area contributed by atoms with Crippen molar-refractivity contribution in [1.29, 1.82) is 0 Å². The van der Waals surface area contributed by atoms with Crippen LogP contribution in [0, 0.1) is 11.8 Å². The predicted octanol–water partition coefficient (Wildman–Crippen LogP) is 4.03. The number of para-hydroxylation sites is 1. The second-order valence-electron chi connectivity index (χ2n) is 6.72. The van der Waals surface area contributed by atoms with Crippen LogP contribution in [0.2, 0.25) is 0 Å². The van der Waals surface area contributed by atoms with Gasteiger partial charge < -0.3 is 9.64 Å². The van der Waals surface area contributed by atoms with Gasteiger partial charge in [-0.1, -0.05) is 26.0 Å². The molecule has 0 amide bonds. The van der Waals surface area contributed by atoms with Gasteiger partial charge in [-0.15, -0.1) is 0 Å². The fraction of sp³-hybridized carbons (Fsp3) is 0.632. The summed E-state index contributed by atoms with van der Waals surface area (Å²) in [5.74, 6) is 1.88. The van der Waals surface area contributed by atoms with E-state index in [1.807, 2.05) is 24.3 Å². The Morgan fingerprint density at radius 3 is 2.59 bits per heavy atom. The summed E-state index contributed by atoms with van der Waals surface area (Å²) in [6.07, 6.45) is 4.50. The van der Waals surface area contributed by atoms with E-state index in [0.29, 0.717) is 5.75 Å². The van der Waals surface area contributed by atoms with Crippen LogP contribution >= 0.6 is 0 Å². The molecule has 0 aliphatic carbocycles. The quantitative estimate of drug-likeness (QED) is 0.712. The first-order valence-electron chi connectivity index (χ1n) is 8.51. The largest absolute Gasteiger partial charge is 0.496 e. The van der Waals surface area contributed by atoms with E-state index in [0.717, 1.165) is 37.4 Å². The third-order valence-corrected chi connectivity index (χ3v) is 4.59. The minimum Gasteiger partial charge on any atom is -0.496 e. The van der Waals surface area contributed by atoms with Crippen molar-refractivity contribution in [1.82, 2.24) is 4.90 Å². The summed E-state index contributed by atoms with van der Waals surface area (Å²) in [4.78, 5) is 15.2. The Balaban J connectivity index is 1.85. The molecule has 1 aromatic carbocycles. The lowest BCUT2D eigenvalue weighted by atomic mass is 9.88. The summed E-state index contributed by atoms with van der Waals surface area (Å²) in [6, 6.07) is 7.58. The number of carbonyl (C=O) groups excluding carboxylic acids is 1. The van der Waals surface area contributed by atoms with Crippen molar-refractivity contribution in [2.45, 2.75) is 39.5 Å². The molecule has 0 atom stereocenters. The minimum absolute atomic E-state index is 0.151. The first kappa shape index (κ1) is 17.0. The summed E-state index contributed by atoms with van der Waals surface area (Å²) in [7, 11) is 1.63. The number of Topliss-reactive ketones (excluding diaryl/α,β-unsaturated/α-hetero) is 1. The second kappa shape index (κ2) is 8.33. The highest BCUT2D eigenvalue weighted by Crippen LogP contribution is 2.26. The number of likely N-dealkylation sites (tertiary alicyclic amines) is 1. The number of carbonyl (C=O) groups is 1. The van der Waals surface area contributed by atoms with Gasteiger partial charge in [0.05, 0.1) is 12.7 Å². The van der Waals surface area contributed by atoms with Gasteiger partial charge in [0.1, 0.15) is 5.75 Å². The van der Waals surface area contributed by atoms with Crippen LogP contribution in [0.3, 0.4) is 0 Å². The lowest BCUT2D eigenvalue weighted by molar-refractivity contribution is 0.0835. The lowest BCUT2D eigenvalue weighted by Crippen LogP contribution is -2.37. The van der Waals surface area contributed by atoms with E-state index in [1.165, 1.54) is 19.4 Å². The van der Waals surface area contributed by atoms with Crippen LogP contribution in [0.1, 0.15) is 49.9 Å². The maximum Gasteiger partial charge on any atom is 0.169 e. The van der Waals surface area contributed by atoms with Crippen LogP contribution < -0.4 is 4.74 Å². The van der Waals surface area contributed by atoms with Crippen molar-refractivity contribution < 1.29 is 9.53 Å². The molecule has 0 radical (unpaired) electrons. The Morgan fingerprint density at radius 2 is 1.95 bits per heavy atom. The van der Waals surface area contributed by atoms with Crippen LogP contribution in [-0.4, -0.2) is 37.4 Å². The van der Waals surface area contributed by atoms with Gasteiger partial charge in [-0.2, -0.15) is 0 Å². The highest BCUT2D eigenvalue weighted by Gasteiger charge is 2.27. The van der Waals surface area contributed by atoms with Crippen molar-refractivity contribution in [3.63, 3.8) is 0 Å². The number of hydrogen-bond donors (Lipinski definition) is 0. The van der Waals surface area contributed by atoms with Crippen LogP contribution in [0.5, 0.6) is 5.75 Å². The molecule has 1 aromatic rings. The Bertz CT molecular complexity index is 476. The summed E-state index contributed by atoms with van der Waals surface area (Å²) in [6.45, 7) is 7.82. The molecule has 1 fully saturated rings. The zero-order valence-corrected chi connectivity index (χ0v) is 14.2. The summed E-state index contributed by atoms with van der Waals surface area (Å²) < 4.78 is 5.32. The summed E-state index contributed by atoms with van der Waals surface area (Å²) >= 11 is 0. The second-order valence-corrected chi connectivity index (χ2v) is 6.72. The molecular formula is C19H29NO2. The van der Waals surface area contributed by atoms with Gasteiger partial charge in [0.15, 0.2) is 5.78 Å². The smallest absolute Gasteiger partial charge is 0.169 e. The number of hydrogen-bond acceptors (Lipinski definition) is 3. The maximum atomic E-state index is 12.7. The van der Waals surface area contributed by atoms with Crippen molar-refractivity contribution in [3.05, 3.63) is 29.8 Å². The van der Waals surface area contributed by atoms with Crippen LogP contribution in [0.25, 0.3) is 0 Å². The van der Waals surface area contributed by atoms with E-state index in [4.69, 9.17) is 4.74 Å². The van der Waals surface area contributed by atoms with Crippen molar-refractivity contribution in [2.24, 2.45) is 11.8 Å². The number of rotatable bonds is 7. The molecule has 0 aromatic heterocycles. The van der Waals surface area contributed by atoms with E-state index in [9.17, 15) is 4.79 Å². The number of ether oxygens (including phenoxy) is 1. The number of ketones is 1. The third kappa shape index (κ3) is 4.57. The molecular weight excluding hydrogens is 274 g/mol. The van der Waals surface area contributed by atoms with Crippen molar-refractivity contribution in [2.75, 3.05) is 26.7 Å². The molecule has 3 heteroatoms. The minimum atomic E-state index is 0.151. The van der Waals surface area contributed by atoms with E-state index >= 15 is 0 Å². The molecule has 2 rings (SSSR count). The van der Waals surface area contributed by atoms with Gasteiger partial charge in [-0.25, -0.2) is 0 Å². The highest BCUT2D eigenvalue weighted by atomic mass is 16.5. The van der Waals surface area contributed by atoms with Gasteiger partial charge in [0.2, 0.25) is 0 Å². The molecule has 0 saturated carbocycles. The highest BCUT2D eigenvalue weighted by molar-refractivity contribution is 6.00. The molecule has 0 N–H and O–H groups in total. The molecule has 1 heterocycles. The van der Waals surface area contributed by atoms with Crippen LogP contribution in [0.4, 0.5) is 0 Å². The van der Waals surface area contributed by atoms with E-state index in [-0.39, 0.29) is 11.7 Å². The number of nitrogens with zero attached hydrogens (tertiary/aromatic N) is 1. The normalized spacial score (nSPS) is 16.9. The molecule has 1 saturated heterocycles. The molecule has 3 nitrogen and oxygen atoms in total. The number of methoxy groups -OCH3 is 1. The fourth-order valence-electron chi connectivity index (χ4n) is 3.21. The van der Waals surface area contributed by atoms with Gasteiger partial charge in [0.25, 0.3) is 0 Å². The van der Waals surface area contributed by atoms with Gasteiger partial charge in [0, 0.05) is 5.92 Å². The maximum absolute atomic E-state index is 12.7. The zero-order chi connectivity index (χ0) is 15.9. The monoisotopic (exact) mass is 303 g/mol. The van der Waals surface area contributed by atoms with Crippen molar-refractivity contribution in [3.8, 4) is 5.75 Å². The first-order chi connectivity index (χ1) is 10.6. The molecule has 1 aliphatic rings. The SMILES string of the molecule is COc1ccccc1C(=O)C1CCN(CCCC(C)C)CC1. The molecule has 0 spiro atoms. The van der Waals surface area contributed by atoms with Gasteiger partial charge >= 0.3 is 0 Å². The Hall–Kier alpha value is -1.35. The van der Waals surface area contributed by atoms with Crippen LogP contribution in [0.15, 0.2) is 24.3 Å². The summed E-state index contributed by atoms with van der Waals surface area (Å²) in [5, 5.41) is 0. The summed E-state index contributed by atoms with van der Waals surface area (Å²) in [5.41, 5.74) is 0.739. The number of piperidine rings is 1. The number of benzene rings is 1. The van der Waals surface area contributed by atoms with Crippen LogP contribution in [-0.2, 0) is 0 Å². The zero-order valence-electron chi connectivity index (χ0n) is 14.2. The Kier molecular flexibility index (Phi) is 6.44. The van der Waals surface area contributed by atoms with Crippen molar-refractivity contribution >= 4 is 5.78 Å². The topological polar surface area (TPSA) is 29.5 Å².